The number of nitriles is 1. The third-order valence-corrected chi connectivity index (χ3v) is 3.49. The lowest BCUT2D eigenvalue weighted by molar-refractivity contribution is -0.384. The fraction of sp³-hybridized carbons (Fsp3) is 0.462. The summed E-state index contributed by atoms with van der Waals surface area (Å²) in [7, 11) is 1.76. The lowest BCUT2D eigenvalue weighted by Crippen LogP contribution is -2.39. The number of ether oxygens (including phenoxy) is 1. The van der Waals surface area contributed by atoms with Crippen LogP contribution >= 0.6 is 0 Å². The molecule has 0 bridgehead atoms. The molecule has 0 amide bonds. The first kappa shape index (κ1) is 13.3. The van der Waals surface area contributed by atoms with Gasteiger partial charge in [0.25, 0.3) is 5.69 Å². The Balaban J connectivity index is 2.05. The molecule has 0 aliphatic heterocycles. The van der Waals surface area contributed by atoms with Gasteiger partial charge in [0.1, 0.15) is 17.4 Å². The summed E-state index contributed by atoms with van der Waals surface area (Å²) in [5, 5.41) is 22.9. The molecule has 1 aliphatic carbocycles. The number of benzene rings is 1. The van der Waals surface area contributed by atoms with Crippen LogP contribution in [0.3, 0.4) is 0 Å². The van der Waals surface area contributed by atoms with Crippen molar-refractivity contribution in [3.63, 3.8) is 0 Å². The molecule has 0 saturated heterocycles. The summed E-state index contributed by atoms with van der Waals surface area (Å²) in [6, 6.07) is 8.40. The highest BCUT2D eigenvalue weighted by molar-refractivity contribution is 5.38. The van der Waals surface area contributed by atoms with Gasteiger partial charge in [-0.1, -0.05) is 6.07 Å². The third-order valence-electron chi connectivity index (χ3n) is 3.49. The molecule has 0 spiro atoms. The molecule has 2 rings (SSSR count). The smallest absolute Gasteiger partial charge is 0.273 e. The first-order valence-electron chi connectivity index (χ1n) is 6.10. The summed E-state index contributed by atoms with van der Waals surface area (Å²) >= 11 is 0. The molecule has 0 heterocycles. The Hall–Kier alpha value is -2.13. The van der Waals surface area contributed by atoms with Crippen LogP contribution in [0.5, 0.6) is 5.75 Å². The standard InChI is InChI=1S/C13H15N3O3/c1-15-13(9-14)6-5-12(8-13)19-11-4-2-3-10(7-11)16(17)18/h2-4,7,12,15H,5-6,8H2,1H3. The van der Waals surface area contributed by atoms with E-state index in [9.17, 15) is 10.1 Å². The maximum atomic E-state index is 10.7. The van der Waals surface area contributed by atoms with Crippen molar-refractivity contribution < 1.29 is 9.66 Å². The largest absolute Gasteiger partial charge is 0.490 e. The van der Waals surface area contributed by atoms with Crippen LogP contribution in [0, 0.1) is 21.4 Å². The zero-order valence-corrected chi connectivity index (χ0v) is 10.6. The average Bonchev–Trinajstić information content (AvgIpc) is 2.83. The molecule has 1 N–H and O–H groups in total. The first-order chi connectivity index (χ1) is 9.08. The molecule has 1 aromatic carbocycles. The minimum Gasteiger partial charge on any atom is -0.490 e. The van der Waals surface area contributed by atoms with Crippen molar-refractivity contribution in [3.05, 3.63) is 34.4 Å². The summed E-state index contributed by atoms with van der Waals surface area (Å²) < 4.78 is 5.73. The number of hydrogen-bond donors (Lipinski definition) is 1. The molecule has 1 saturated carbocycles. The van der Waals surface area contributed by atoms with Crippen LogP contribution < -0.4 is 10.1 Å². The molecule has 0 aromatic heterocycles. The van der Waals surface area contributed by atoms with Gasteiger partial charge in [0.15, 0.2) is 0 Å². The fourth-order valence-corrected chi connectivity index (χ4v) is 2.35. The van der Waals surface area contributed by atoms with E-state index < -0.39 is 10.5 Å². The average molecular weight is 261 g/mol. The number of nitrogens with zero attached hydrogens (tertiary/aromatic N) is 2. The number of hydrogen-bond acceptors (Lipinski definition) is 5. The second kappa shape index (κ2) is 5.24. The van der Waals surface area contributed by atoms with Gasteiger partial charge in [0.05, 0.1) is 17.1 Å². The summed E-state index contributed by atoms with van der Waals surface area (Å²) in [5.74, 6) is 0.476. The van der Waals surface area contributed by atoms with Gasteiger partial charge in [-0.3, -0.25) is 10.1 Å². The van der Waals surface area contributed by atoms with E-state index in [1.165, 1.54) is 12.1 Å². The lowest BCUT2D eigenvalue weighted by atomic mass is 10.0. The van der Waals surface area contributed by atoms with Crippen LogP contribution in [-0.4, -0.2) is 23.6 Å². The molecular formula is C13H15N3O3. The molecule has 2 unspecified atom stereocenters. The molecule has 6 heteroatoms. The lowest BCUT2D eigenvalue weighted by Gasteiger charge is -2.20. The Morgan fingerprint density at radius 1 is 1.63 bits per heavy atom. The minimum atomic E-state index is -0.536. The van der Waals surface area contributed by atoms with Crippen molar-refractivity contribution in [2.24, 2.45) is 0 Å². The molecule has 1 fully saturated rings. The van der Waals surface area contributed by atoms with Crippen molar-refractivity contribution in [1.29, 1.82) is 5.26 Å². The molecule has 100 valence electrons. The van der Waals surface area contributed by atoms with E-state index >= 15 is 0 Å². The fourth-order valence-electron chi connectivity index (χ4n) is 2.35. The summed E-state index contributed by atoms with van der Waals surface area (Å²) in [6.07, 6.45) is 1.98. The summed E-state index contributed by atoms with van der Waals surface area (Å²) in [4.78, 5) is 10.2. The van der Waals surface area contributed by atoms with E-state index in [0.29, 0.717) is 12.2 Å². The van der Waals surface area contributed by atoms with Gasteiger partial charge in [0.2, 0.25) is 0 Å². The Kier molecular flexibility index (Phi) is 3.67. The highest BCUT2D eigenvalue weighted by atomic mass is 16.6. The normalized spacial score (nSPS) is 25.8. The quantitative estimate of drug-likeness (QED) is 0.661. The molecule has 19 heavy (non-hydrogen) atoms. The topological polar surface area (TPSA) is 88.2 Å². The van der Waals surface area contributed by atoms with Crippen LogP contribution in [0.2, 0.25) is 0 Å². The van der Waals surface area contributed by atoms with Crippen LogP contribution in [0.1, 0.15) is 19.3 Å². The molecule has 6 nitrogen and oxygen atoms in total. The summed E-state index contributed by atoms with van der Waals surface area (Å²) in [5.41, 5.74) is -0.526. The first-order valence-corrected chi connectivity index (χ1v) is 6.10. The SMILES string of the molecule is CNC1(C#N)CCC(Oc2cccc([N+](=O)[O-])c2)C1. The van der Waals surface area contributed by atoms with E-state index in [4.69, 9.17) is 10.00 Å². The number of nitrogens with one attached hydrogen (secondary N) is 1. The highest BCUT2D eigenvalue weighted by Crippen LogP contribution is 2.32. The molecule has 0 radical (unpaired) electrons. The van der Waals surface area contributed by atoms with Gasteiger partial charge < -0.3 is 10.1 Å². The van der Waals surface area contributed by atoms with Crippen LogP contribution in [-0.2, 0) is 0 Å². The minimum absolute atomic E-state index is 0.00987. The second-order valence-electron chi connectivity index (χ2n) is 4.68. The van der Waals surface area contributed by atoms with Crippen molar-refractivity contribution in [2.75, 3.05) is 7.05 Å². The van der Waals surface area contributed by atoms with Gasteiger partial charge in [0, 0.05) is 12.5 Å². The highest BCUT2D eigenvalue weighted by Gasteiger charge is 2.39. The van der Waals surface area contributed by atoms with Crippen molar-refractivity contribution in [1.82, 2.24) is 5.32 Å². The molecular weight excluding hydrogens is 246 g/mol. The van der Waals surface area contributed by atoms with E-state index in [1.807, 2.05) is 0 Å². The Morgan fingerprint density at radius 3 is 3.00 bits per heavy atom. The Morgan fingerprint density at radius 2 is 2.42 bits per heavy atom. The van der Waals surface area contributed by atoms with Gasteiger partial charge in [-0.2, -0.15) is 5.26 Å². The van der Waals surface area contributed by atoms with Gasteiger partial charge in [-0.25, -0.2) is 0 Å². The van der Waals surface area contributed by atoms with Crippen molar-refractivity contribution >= 4 is 5.69 Å². The predicted molar refractivity (Wildman–Crippen MR) is 68.8 cm³/mol. The van der Waals surface area contributed by atoms with E-state index in [-0.39, 0.29) is 11.8 Å². The summed E-state index contributed by atoms with van der Waals surface area (Å²) in [6.45, 7) is 0. The van der Waals surface area contributed by atoms with Crippen molar-refractivity contribution in [3.8, 4) is 11.8 Å². The number of non-ortho nitro benzene ring substituents is 1. The number of nitro groups is 1. The Labute approximate surface area is 111 Å². The van der Waals surface area contributed by atoms with Gasteiger partial charge >= 0.3 is 0 Å². The van der Waals surface area contributed by atoms with E-state index in [2.05, 4.69) is 11.4 Å². The number of rotatable bonds is 4. The van der Waals surface area contributed by atoms with Crippen LogP contribution in [0.25, 0.3) is 0 Å². The van der Waals surface area contributed by atoms with E-state index in [0.717, 1.165) is 12.8 Å². The van der Waals surface area contributed by atoms with Gasteiger partial charge in [-0.05, 0) is 26.0 Å². The zero-order valence-electron chi connectivity index (χ0n) is 10.6. The Bertz CT molecular complexity index is 526. The van der Waals surface area contributed by atoms with E-state index in [1.54, 1.807) is 19.2 Å². The monoisotopic (exact) mass is 261 g/mol. The van der Waals surface area contributed by atoms with Crippen LogP contribution in [0.15, 0.2) is 24.3 Å². The third kappa shape index (κ3) is 2.83. The second-order valence-corrected chi connectivity index (χ2v) is 4.68. The van der Waals surface area contributed by atoms with Crippen molar-refractivity contribution in [2.45, 2.75) is 30.9 Å². The van der Waals surface area contributed by atoms with Crippen LogP contribution in [0.4, 0.5) is 5.69 Å². The number of nitro benzene ring substituents is 1. The zero-order chi connectivity index (χ0) is 13.9. The molecule has 1 aliphatic rings. The molecule has 2 atom stereocenters. The molecule has 1 aromatic rings. The maximum absolute atomic E-state index is 10.7. The predicted octanol–water partition coefficient (Wildman–Crippen LogP) is 2.01. The maximum Gasteiger partial charge on any atom is 0.273 e. The van der Waals surface area contributed by atoms with Gasteiger partial charge in [-0.15, -0.1) is 0 Å².